The van der Waals surface area contributed by atoms with Crippen molar-refractivity contribution in [1.82, 2.24) is 0 Å². The molecule has 3 heteroatoms. The Hall–Kier alpha value is -0.120. The molecule has 5 aliphatic rings. The molecule has 3 nitrogen and oxygen atoms in total. The third-order valence-corrected chi connectivity index (χ3v) is 4.55. The van der Waals surface area contributed by atoms with Gasteiger partial charge >= 0.3 is 0 Å². The number of epoxide rings is 2. The molecule has 84 valence electrons. The third-order valence-electron chi connectivity index (χ3n) is 4.55. The molecule has 4 unspecified atom stereocenters. The molecular formula is C12H18O3. The van der Waals surface area contributed by atoms with Crippen molar-refractivity contribution in [3.63, 3.8) is 0 Å². The highest BCUT2D eigenvalue weighted by molar-refractivity contribution is 4.98. The fourth-order valence-corrected chi connectivity index (χ4v) is 3.51. The first kappa shape index (κ1) is 8.97. The molecule has 0 spiro atoms. The molecule has 0 aromatic carbocycles. The predicted octanol–water partition coefficient (Wildman–Crippen LogP) is 1.36. The molecule has 4 heterocycles. The Morgan fingerprint density at radius 3 is 1.60 bits per heavy atom. The van der Waals surface area contributed by atoms with E-state index >= 15 is 0 Å². The largest absolute Gasteiger partial charge is 0.376 e. The minimum atomic E-state index is 0.404. The van der Waals surface area contributed by atoms with E-state index in [1.165, 1.54) is 25.7 Å². The van der Waals surface area contributed by atoms with E-state index in [9.17, 15) is 0 Å². The molecule has 0 aromatic rings. The Kier molecular flexibility index (Phi) is 1.91. The van der Waals surface area contributed by atoms with Crippen molar-refractivity contribution in [1.29, 1.82) is 0 Å². The van der Waals surface area contributed by atoms with Crippen molar-refractivity contribution < 1.29 is 14.2 Å². The highest BCUT2D eigenvalue weighted by Crippen LogP contribution is 2.45. The number of rotatable bonds is 0. The van der Waals surface area contributed by atoms with Crippen LogP contribution in [-0.2, 0) is 14.2 Å². The maximum atomic E-state index is 5.70. The van der Waals surface area contributed by atoms with E-state index < -0.39 is 0 Å². The third kappa shape index (κ3) is 1.52. The van der Waals surface area contributed by atoms with Gasteiger partial charge in [-0.05, 0) is 37.5 Å². The van der Waals surface area contributed by atoms with Crippen LogP contribution in [0.2, 0.25) is 0 Å². The fraction of sp³-hybridized carbons (Fsp3) is 1.00. The van der Waals surface area contributed by atoms with Crippen molar-refractivity contribution in [3.8, 4) is 0 Å². The van der Waals surface area contributed by atoms with E-state index in [4.69, 9.17) is 14.2 Å². The topological polar surface area (TPSA) is 34.3 Å². The lowest BCUT2D eigenvalue weighted by Gasteiger charge is -2.26. The quantitative estimate of drug-likeness (QED) is 0.566. The van der Waals surface area contributed by atoms with Crippen LogP contribution in [0.4, 0.5) is 0 Å². The van der Waals surface area contributed by atoms with E-state index in [2.05, 4.69) is 0 Å². The van der Waals surface area contributed by atoms with Gasteiger partial charge in [-0.3, -0.25) is 0 Å². The highest BCUT2D eigenvalue weighted by atomic mass is 16.6. The van der Waals surface area contributed by atoms with Crippen molar-refractivity contribution >= 4 is 0 Å². The summed E-state index contributed by atoms with van der Waals surface area (Å²) in [5.74, 6) is 1.62. The molecule has 4 aliphatic heterocycles. The maximum absolute atomic E-state index is 5.70. The lowest BCUT2D eigenvalue weighted by molar-refractivity contribution is 0.102. The molecule has 0 radical (unpaired) electrons. The van der Waals surface area contributed by atoms with Gasteiger partial charge in [-0.15, -0.1) is 0 Å². The molecule has 4 saturated heterocycles. The zero-order valence-corrected chi connectivity index (χ0v) is 8.93. The minimum Gasteiger partial charge on any atom is -0.376 e. The Bertz CT molecular complexity index is 234. The van der Waals surface area contributed by atoms with Crippen LogP contribution in [0.15, 0.2) is 0 Å². The molecule has 2 bridgehead atoms. The van der Waals surface area contributed by atoms with E-state index in [0.717, 1.165) is 25.0 Å². The zero-order chi connectivity index (χ0) is 9.83. The Morgan fingerprint density at radius 2 is 1.13 bits per heavy atom. The van der Waals surface area contributed by atoms with E-state index in [0.29, 0.717) is 24.4 Å². The van der Waals surface area contributed by atoms with Crippen molar-refractivity contribution in [2.75, 3.05) is 13.2 Å². The van der Waals surface area contributed by atoms with Gasteiger partial charge in [-0.25, -0.2) is 0 Å². The summed E-state index contributed by atoms with van der Waals surface area (Å²) in [4.78, 5) is 0. The van der Waals surface area contributed by atoms with Crippen LogP contribution in [-0.4, -0.2) is 37.6 Å². The molecule has 0 aromatic heterocycles. The molecular weight excluding hydrogens is 192 g/mol. The van der Waals surface area contributed by atoms with E-state index in [-0.39, 0.29) is 0 Å². The van der Waals surface area contributed by atoms with Gasteiger partial charge in [0, 0.05) is 0 Å². The summed E-state index contributed by atoms with van der Waals surface area (Å²) in [7, 11) is 0. The SMILES string of the molecule is C1CC2CCC1C1OC1COCC1OC21. The van der Waals surface area contributed by atoms with Gasteiger partial charge in [0.1, 0.15) is 12.2 Å². The average Bonchev–Trinajstić information content (AvgIpc) is 3.10. The van der Waals surface area contributed by atoms with E-state index in [1.54, 1.807) is 0 Å². The zero-order valence-electron chi connectivity index (χ0n) is 8.93. The van der Waals surface area contributed by atoms with Crippen LogP contribution in [0.1, 0.15) is 25.7 Å². The van der Waals surface area contributed by atoms with Gasteiger partial charge in [0.05, 0.1) is 25.4 Å². The minimum absolute atomic E-state index is 0.404. The molecule has 1 saturated carbocycles. The fourth-order valence-electron chi connectivity index (χ4n) is 3.51. The Morgan fingerprint density at radius 1 is 0.667 bits per heavy atom. The number of hydrogen-bond acceptors (Lipinski definition) is 3. The van der Waals surface area contributed by atoms with Crippen LogP contribution in [0.3, 0.4) is 0 Å². The van der Waals surface area contributed by atoms with Gasteiger partial charge in [0.2, 0.25) is 0 Å². The molecule has 15 heavy (non-hydrogen) atoms. The summed E-state index contributed by atoms with van der Waals surface area (Å²) in [5, 5.41) is 0. The number of fused-ring (bicyclic) bond motifs is 4. The number of ether oxygens (including phenoxy) is 3. The van der Waals surface area contributed by atoms with Crippen LogP contribution in [0.5, 0.6) is 0 Å². The summed E-state index contributed by atoms with van der Waals surface area (Å²) < 4.78 is 17.0. The molecule has 4 atom stereocenters. The molecule has 0 N–H and O–H groups in total. The Labute approximate surface area is 90.1 Å². The lowest BCUT2D eigenvalue weighted by Crippen LogP contribution is -2.23. The van der Waals surface area contributed by atoms with E-state index in [1.807, 2.05) is 0 Å². The van der Waals surface area contributed by atoms with Gasteiger partial charge in [-0.1, -0.05) is 0 Å². The van der Waals surface area contributed by atoms with Gasteiger partial charge in [0.25, 0.3) is 0 Å². The summed E-state index contributed by atoms with van der Waals surface area (Å²) in [6.07, 6.45) is 7.25. The van der Waals surface area contributed by atoms with Crippen molar-refractivity contribution in [3.05, 3.63) is 0 Å². The second-order valence-electron chi connectivity index (χ2n) is 5.49. The second-order valence-corrected chi connectivity index (χ2v) is 5.49. The predicted molar refractivity (Wildman–Crippen MR) is 53.6 cm³/mol. The summed E-state index contributed by atoms with van der Waals surface area (Å²) >= 11 is 0. The van der Waals surface area contributed by atoms with Gasteiger partial charge in [0.15, 0.2) is 0 Å². The van der Waals surface area contributed by atoms with Crippen LogP contribution in [0, 0.1) is 11.8 Å². The summed E-state index contributed by atoms with van der Waals surface area (Å²) in [6.45, 7) is 1.58. The normalized spacial score (nSPS) is 57.6. The lowest BCUT2D eigenvalue weighted by atomic mass is 9.78. The summed E-state index contributed by atoms with van der Waals surface area (Å²) in [5.41, 5.74) is 0. The maximum Gasteiger partial charge on any atom is 0.108 e. The number of hydrogen-bond donors (Lipinski definition) is 0. The first-order chi connectivity index (χ1) is 7.42. The van der Waals surface area contributed by atoms with Crippen LogP contribution >= 0.6 is 0 Å². The van der Waals surface area contributed by atoms with Crippen molar-refractivity contribution in [2.24, 2.45) is 11.8 Å². The summed E-state index contributed by atoms with van der Waals surface area (Å²) in [6, 6.07) is 0. The molecule has 0 amide bonds. The standard InChI is InChI=1S/C12H18O3/c1-2-8-4-3-7(1)11-9(14-11)5-13-6-10-12(8)15-10/h7-12H,1-6H2. The highest BCUT2D eigenvalue weighted by Gasteiger charge is 2.51. The molecule has 5 fully saturated rings. The van der Waals surface area contributed by atoms with Gasteiger partial charge < -0.3 is 14.2 Å². The first-order valence-electron chi connectivity index (χ1n) is 6.30. The van der Waals surface area contributed by atoms with Crippen molar-refractivity contribution in [2.45, 2.75) is 50.1 Å². The second kappa shape index (κ2) is 3.19. The first-order valence-corrected chi connectivity index (χ1v) is 6.30. The van der Waals surface area contributed by atoms with Gasteiger partial charge in [-0.2, -0.15) is 0 Å². The monoisotopic (exact) mass is 210 g/mol. The van der Waals surface area contributed by atoms with Crippen LogP contribution < -0.4 is 0 Å². The molecule has 5 rings (SSSR count). The average molecular weight is 210 g/mol. The molecule has 1 aliphatic carbocycles. The Balaban J connectivity index is 1.51. The van der Waals surface area contributed by atoms with Crippen LogP contribution in [0.25, 0.3) is 0 Å². The smallest absolute Gasteiger partial charge is 0.108 e.